The van der Waals surface area contributed by atoms with Crippen molar-refractivity contribution in [2.45, 2.75) is 45.9 Å². The Balaban J connectivity index is 1.54. The lowest BCUT2D eigenvalue weighted by Gasteiger charge is -2.36. The van der Waals surface area contributed by atoms with E-state index in [1.807, 2.05) is 20.8 Å². The summed E-state index contributed by atoms with van der Waals surface area (Å²) in [6.07, 6.45) is 0.0682. The van der Waals surface area contributed by atoms with Gasteiger partial charge in [-0.15, -0.1) is 0 Å². The zero-order chi connectivity index (χ0) is 19.4. The molecular formula is C20H27N3O4. The molecule has 0 spiro atoms. The van der Waals surface area contributed by atoms with E-state index in [0.29, 0.717) is 31.7 Å². The third kappa shape index (κ3) is 4.67. The Labute approximate surface area is 159 Å². The molecule has 1 fully saturated rings. The molecule has 1 aromatic heterocycles. The largest absolute Gasteiger partial charge is 0.494 e. The highest BCUT2D eigenvalue weighted by Crippen LogP contribution is 2.19. The second kappa shape index (κ2) is 8.54. The van der Waals surface area contributed by atoms with E-state index >= 15 is 0 Å². The molecule has 7 nitrogen and oxygen atoms in total. The average molecular weight is 373 g/mol. The van der Waals surface area contributed by atoms with Crippen LogP contribution in [0.4, 0.5) is 0 Å². The topological polar surface area (TPSA) is 87.8 Å². The molecule has 0 unspecified atom stereocenters. The quantitative estimate of drug-likeness (QED) is 0.806. The molecule has 0 radical (unpaired) electrons. The fourth-order valence-corrected chi connectivity index (χ4v) is 3.38. The predicted octanol–water partition coefficient (Wildman–Crippen LogP) is 2.06. The second-order valence-corrected chi connectivity index (χ2v) is 6.93. The van der Waals surface area contributed by atoms with Crippen LogP contribution in [0.1, 0.15) is 40.7 Å². The van der Waals surface area contributed by atoms with Gasteiger partial charge in [0.15, 0.2) is 0 Å². The first-order chi connectivity index (χ1) is 13.0. The van der Waals surface area contributed by atoms with Crippen LogP contribution in [-0.2, 0) is 6.54 Å². The SMILES string of the molecule is CCOc1ccc(C(=O)N[C@@H]2CCN(Cc3c(C)noc3C)C[C@H]2O)cc1. The average Bonchev–Trinajstić information content (AvgIpc) is 2.97. The summed E-state index contributed by atoms with van der Waals surface area (Å²) in [5.74, 6) is 1.37. The Bertz CT molecular complexity index is 753. The number of amides is 1. The van der Waals surface area contributed by atoms with Crippen LogP contribution in [0, 0.1) is 13.8 Å². The van der Waals surface area contributed by atoms with E-state index in [1.54, 1.807) is 24.3 Å². The van der Waals surface area contributed by atoms with Gasteiger partial charge < -0.3 is 19.7 Å². The van der Waals surface area contributed by atoms with Crippen molar-refractivity contribution in [2.24, 2.45) is 0 Å². The van der Waals surface area contributed by atoms with Gasteiger partial charge in [0.2, 0.25) is 0 Å². The number of hydrogen-bond donors (Lipinski definition) is 2. The number of aliphatic hydroxyl groups excluding tert-OH is 1. The van der Waals surface area contributed by atoms with Crippen molar-refractivity contribution in [3.05, 3.63) is 46.8 Å². The highest BCUT2D eigenvalue weighted by atomic mass is 16.5. The molecule has 2 heterocycles. The Morgan fingerprint density at radius 3 is 2.70 bits per heavy atom. The summed E-state index contributed by atoms with van der Waals surface area (Å²) in [6.45, 7) is 8.30. The van der Waals surface area contributed by atoms with Gasteiger partial charge in [0, 0.05) is 30.8 Å². The molecule has 146 valence electrons. The maximum atomic E-state index is 12.5. The summed E-state index contributed by atoms with van der Waals surface area (Å²) in [7, 11) is 0. The van der Waals surface area contributed by atoms with Gasteiger partial charge in [-0.1, -0.05) is 5.16 Å². The smallest absolute Gasteiger partial charge is 0.251 e. The van der Waals surface area contributed by atoms with E-state index in [0.717, 1.165) is 29.3 Å². The minimum Gasteiger partial charge on any atom is -0.494 e. The first-order valence-corrected chi connectivity index (χ1v) is 9.33. The Hall–Kier alpha value is -2.38. The van der Waals surface area contributed by atoms with E-state index in [-0.39, 0.29) is 11.9 Å². The molecule has 0 bridgehead atoms. The second-order valence-electron chi connectivity index (χ2n) is 6.93. The molecule has 0 saturated carbocycles. The number of hydrogen-bond acceptors (Lipinski definition) is 6. The molecule has 2 N–H and O–H groups in total. The lowest BCUT2D eigenvalue weighted by atomic mass is 10.0. The summed E-state index contributed by atoms with van der Waals surface area (Å²) in [5.41, 5.74) is 2.51. The number of β-amino-alcohol motifs (C(OH)–C–C–N with tert-alkyl or cyclic N) is 1. The van der Waals surface area contributed by atoms with Crippen LogP contribution in [0.25, 0.3) is 0 Å². The number of aliphatic hydroxyl groups is 1. The number of carbonyl (C=O) groups is 1. The number of aromatic nitrogens is 1. The van der Waals surface area contributed by atoms with E-state index < -0.39 is 6.10 Å². The highest BCUT2D eigenvalue weighted by Gasteiger charge is 2.30. The Morgan fingerprint density at radius 2 is 2.11 bits per heavy atom. The molecule has 1 aliphatic rings. The first-order valence-electron chi connectivity index (χ1n) is 9.33. The van der Waals surface area contributed by atoms with Gasteiger partial charge in [-0.3, -0.25) is 9.69 Å². The summed E-state index contributed by atoms with van der Waals surface area (Å²) in [5, 5.41) is 17.4. The highest BCUT2D eigenvalue weighted by molar-refractivity contribution is 5.94. The van der Waals surface area contributed by atoms with Crippen molar-refractivity contribution >= 4 is 5.91 Å². The zero-order valence-electron chi connectivity index (χ0n) is 16.1. The number of nitrogens with one attached hydrogen (secondary N) is 1. The van der Waals surface area contributed by atoms with Crippen LogP contribution >= 0.6 is 0 Å². The number of aryl methyl sites for hydroxylation is 2. The number of nitrogens with zero attached hydrogens (tertiary/aromatic N) is 2. The minimum atomic E-state index is -0.620. The molecule has 2 aromatic rings. The lowest BCUT2D eigenvalue weighted by molar-refractivity contribution is 0.0347. The maximum Gasteiger partial charge on any atom is 0.251 e. The molecule has 2 atom stereocenters. The van der Waals surface area contributed by atoms with Crippen molar-refractivity contribution < 1.29 is 19.2 Å². The molecule has 1 aromatic carbocycles. The van der Waals surface area contributed by atoms with E-state index in [9.17, 15) is 9.90 Å². The van der Waals surface area contributed by atoms with Gasteiger partial charge in [-0.25, -0.2) is 0 Å². The van der Waals surface area contributed by atoms with Crippen LogP contribution in [-0.4, -0.2) is 52.9 Å². The summed E-state index contributed by atoms with van der Waals surface area (Å²) >= 11 is 0. The van der Waals surface area contributed by atoms with Crippen LogP contribution in [0.15, 0.2) is 28.8 Å². The van der Waals surface area contributed by atoms with Crippen LogP contribution in [0.3, 0.4) is 0 Å². The molecule has 1 amide bonds. The number of ether oxygens (including phenoxy) is 1. The van der Waals surface area contributed by atoms with Gasteiger partial charge in [-0.2, -0.15) is 0 Å². The fourth-order valence-electron chi connectivity index (χ4n) is 3.38. The van der Waals surface area contributed by atoms with Crippen LogP contribution in [0.2, 0.25) is 0 Å². The number of carbonyl (C=O) groups excluding carboxylic acids is 1. The third-order valence-corrected chi connectivity index (χ3v) is 4.97. The first kappa shape index (κ1) is 19.4. The fraction of sp³-hybridized carbons (Fsp3) is 0.500. The molecule has 1 aliphatic heterocycles. The monoisotopic (exact) mass is 373 g/mol. The number of rotatable bonds is 6. The maximum absolute atomic E-state index is 12.5. The molecule has 0 aliphatic carbocycles. The number of piperidine rings is 1. The number of likely N-dealkylation sites (tertiary alicyclic amines) is 1. The molecular weight excluding hydrogens is 346 g/mol. The van der Waals surface area contributed by atoms with Crippen molar-refractivity contribution in [1.82, 2.24) is 15.4 Å². The normalized spacial score (nSPS) is 20.4. The number of benzene rings is 1. The van der Waals surface area contributed by atoms with E-state index in [1.165, 1.54) is 0 Å². The van der Waals surface area contributed by atoms with Gasteiger partial charge in [0.25, 0.3) is 5.91 Å². The van der Waals surface area contributed by atoms with E-state index in [4.69, 9.17) is 9.26 Å². The van der Waals surface area contributed by atoms with Crippen molar-refractivity contribution in [3.8, 4) is 5.75 Å². The molecule has 7 heteroatoms. The molecule has 27 heavy (non-hydrogen) atoms. The van der Waals surface area contributed by atoms with Crippen molar-refractivity contribution in [3.63, 3.8) is 0 Å². The predicted molar refractivity (Wildman–Crippen MR) is 101 cm³/mol. The standard InChI is InChI=1S/C20H27N3O4/c1-4-26-16-7-5-15(6-8-16)20(25)21-18-9-10-23(12-19(18)24)11-17-13(2)22-27-14(17)3/h5-8,18-19,24H,4,9-12H2,1-3H3,(H,21,25)/t18-,19-/m1/s1. The van der Waals surface area contributed by atoms with Crippen LogP contribution in [0.5, 0.6) is 5.75 Å². The van der Waals surface area contributed by atoms with Crippen molar-refractivity contribution in [1.29, 1.82) is 0 Å². The summed E-state index contributed by atoms with van der Waals surface area (Å²) in [6, 6.07) is 6.77. The van der Waals surface area contributed by atoms with Gasteiger partial charge in [-0.05, 0) is 51.5 Å². The summed E-state index contributed by atoms with van der Waals surface area (Å²) < 4.78 is 10.6. The van der Waals surface area contributed by atoms with Gasteiger partial charge >= 0.3 is 0 Å². The molecule has 3 rings (SSSR count). The van der Waals surface area contributed by atoms with Gasteiger partial charge in [0.05, 0.1) is 24.4 Å². The van der Waals surface area contributed by atoms with E-state index in [2.05, 4.69) is 15.4 Å². The zero-order valence-corrected chi connectivity index (χ0v) is 16.1. The summed E-state index contributed by atoms with van der Waals surface area (Å²) in [4.78, 5) is 14.6. The Kier molecular flexibility index (Phi) is 6.13. The van der Waals surface area contributed by atoms with Crippen molar-refractivity contribution in [2.75, 3.05) is 19.7 Å². The Morgan fingerprint density at radius 1 is 1.37 bits per heavy atom. The van der Waals surface area contributed by atoms with Gasteiger partial charge in [0.1, 0.15) is 11.5 Å². The third-order valence-electron chi connectivity index (χ3n) is 4.97. The van der Waals surface area contributed by atoms with Crippen LogP contribution < -0.4 is 10.1 Å². The molecule has 1 saturated heterocycles. The lowest BCUT2D eigenvalue weighted by Crippen LogP contribution is -2.53. The minimum absolute atomic E-state index is 0.179.